The summed E-state index contributed by atoms with van der Waals surface area (Å²) in [4.78, 5) is 6.99. The second-order valence-corrected chi connectivity index (χ2v) is 6.10. The largest absolute Gasteiger partial charge is 0.364 e. The lowest BCUT2D eigenvalue weighted by Gasteiger charge is -2.06. The van der Waals surface area contributed by atoms with Crippen LogP contribution in [-0.4, -0.2) is 4.98 Å². The van der Waals surface area contributed by atoms with Gasteiger partial charge in [0.15, 0.2) is 0 Å². The number of nitrogens with zero attached hydrogens (tertiary/aromatic N) is 2. The molecule has 0 aliphatic heterocycles. The summed E-state index contributed by atoms with van der Waals surface area (Å²) in [6.45, 7) is 0.708. The molecule has 5 heteroatoms. The first kappa shape index (κ1) is 12.5. The van der Waals surface area contributed by atoms with Crippen molar-refractivity contribution in [1.29, 1.82) is 5.26 Å². The molecule has 3 nitrogen and oxygen atoms in total. The van der Waals surface area contributed by atoms with Gasteiger partial charge in [0.25, 0.3) is 0 Å². The van der Waals surface area contributed by atoms with Crippen LogP contribution in [0.1, 0.15) is 27.3 Å². The summed E-state index contributed by atoms with van der Waals surface area (Å²) in [6, 6.07) is 5.94. The van der Waals surface area contributed by atoms with Gasteiger partial charge in [0.2, 0.25) is 0 Å². The Kier molecular flexibility index (Phi) is 3.41. The lowest BCUT2D eigenvalue weighted by molar-refractivity contribution is 0.913. The Morgan fingerprint density at radius 3 is 3.16 bits per heavy atom. The van der Waals surface area contributed by atoms with Crippen LogP contribution in [0.2, 0.25) is 5.02 Å². The molecule has 0 unspecified atom stereocenters. The zero-order chi connectivity index (χ0) is 13.2. The van der Waals surface area contributed by atoms with Crippen molar-refractivity contribution in [3.05, 3.63) is 44.2 Å². The number of rotatable bonds is 3. The van der Waals surface area contributed by atoms with Crippen LogP contribution in [0.3, 0.4) is 0 Å². The molecule has 0 saturated heterocycles. The van der Waals surface area contributed by atoms with Gasteiger partial charge in [0.05, 0.1) is 12.1 Å². The van der Waals surface area contributed by atoms with Gasteiger partial charge in [0, 0.05) is 16.0 Å². The zero-order valence-corrected chi connectivity index (χ0v) is 11.8. The van der Waals surface area contributed by atoms with Crippen molar-refractivity contribution >= 4 is 28.8 Å². The first-order valence-electron chi connectivity index (χ1n) is 6.17. The van der Waals surface area contributed by atoms with E-state index in [1.165, 1.54) is 34.6 Å². The van der Waals surface area contributed by atoms with Gasteiger partial charge >= 0.3 is 0 Å². The standard InChI is InChI=1S/C14H12ClN3S/c15-13-10(7-16)4-5-17-14(13)18-8-11-6-9-2-1-3-12(9)19-11/h4-6H,1-3,8H2,(H,17,18). The van der Waals surface area contributed by atoms with Gasteiger partial charge < -0.3 is 5.32 Å². The summed E-state index contributed by atoms with van der Waals surface area (Å²) >= 11 is 7.96. The van der Waals surface area contributed by atoms with E-state index in [0.29, 0.717) is 22.9 Å². The molecule has 1 N–H and O–H groups in total. The fourth-order valence-corrected chi connectivity index (χ4v) is 3.72. The maximum atomic E-state index is 8.92. The topological polar surface area (TPSA) is 48.7 Å². The van der Waals surface area contributed by atoms with Gasteiger partial charge in [-0.3, -0.25) is 0 Å². The molecule has 0 atom stereocenters. The number of pyridine rings is 1. The normalized spacial score (nSPS) is 13.1. The summed E-state index contributed by atoms with van der Waals surface area (Å²) < 4.78 is 0. The fourth-order valence-electron chi connectivity index (χ4n) is 2.30. The maximum absolute atomic E-state index is 8.92. The third kappa shape index (κ3) is 2.44. The van der Waals surface area contributed by atoms with E-state index >= 15 is 0 Å². The van der Waals surface area contributed by atoms with E-state index in [4.69, 9.17) is 16.9 Å². The average Bonchev–Trinajstić information content (AvgIpc) is 2.98. The Morgan fingerprint density at radius 1 is 1.47 bits per heavy atom. The maximum Gasteiger partial charge on any atom is 0.146 e. The molecule has 1 aliphatic carbocycles. The third-order valence-electron chi connectivity index (χ3n) is 3.24. The number of nitriles is 1. The van der Waals surface area contributed by atoms with Crippen LogP contribution in [0.25, 0.3) is 0 Å². The van der Waals surface area contributed by atoms with Crippen molar-refractivity contribution in [3.8, 4) is 6.07 Å². The van der Waals surface area contributed by atoms with Crippen molar-refractivity contribution in [2.75, 3.05) is 5.32 Å². The smallest absolute Gasteiger partial charge is 0.146 e. The molecular formula is C14H12ClN3S. The summed E-state index contributed by atoms with van der Waals surface area (Å²) in [6.07, 6.45) is 5.30. The Hall–Kier alpha value is -1.57. The number of nitrogens with one attached hydrogen (secondary N) is 1. The minimum atomic E-state index is 0.397. The highest BCUT2D eigenvalue weighted by molar-refractivity contribution is 7.12. The van der Waals surface area contributed by atoms with Crippen molar-refractivity contribution < 1.29 is 0 Å². The molecule has 0 spiro atoms. The van der Waals surface area contributed by atoms with Gasteiger partial charge in [-0.1, -0.05) is 11.6 Å². The number of fused-ring (bicyclic) bond motifs is 1. The van der Waals surface area contributed by atoms with Crippen molar-refractivity contribution in [3.63, 3.8) is 0 Å². The molecule has 1 aliphatic rings. The molecule has 0 fully saturated rings. The molecule has 2 aromatic heterocycles. The minimum absolute atomic E-state index is 0.397. The molecule has 2 heterocycles. The molecule has 0 aromatic carbocycles. The minimum Gasteiger partial charge on any atom is -0.364 e. The van der Waals surface area contributed by atoms with Gasteiger partial charge in [-0.05, 0) is 37.0 Å². The second kappa shape index (κ2) is 5.20. The highest BCUT2D eigenvalue weighted by atomic mass is 35.5. The van der Waals surface area contributed by atoms with Crippen LogP contribution >= 0.6 is 22.9 Å². The summed E-state index contributed by atoms with van der Waals surface area (Å²) in [5.41, 5.74) is 1.94. The second-order valence-electron chi connectivity index (χ2n) is 4.50. The van der Waals surface area contributed by atoms with Gasteiger partial charge in [0.1, 0.15) is 16.9 Å². The van der Waals surface area contributed by atoms with Crippen LogP contribution in [0, 0.1) is 11.3 Å². The van der Waals surface area contributed by atoms with Crippen molar-refractivity contribution in [1.82, 2.24) is 4.98 Å². The number of aromatic nitrogens is 1. The van der Waals surface area contributed by atoms with E-state index < -0.39 is 0 Å². The van der Waals surface area contributed by atoms with Gasteiger partial charge in [-0.2, -0.15) is 5.26 Å². The van der Waals surface area contributed by atoms with Crippen LogP contribution in [0.4, 0.5) is 5.82 Å². The molecule has 0 radical (unpaired) electrons. The van der Waals surface area contributed by atoms with Crippen LogP contribution < -0.4 is 5.32 Å². The Labute approximate surface area is 120 Å². The molecule has 96 valence electrons. The molecule has 19 heavy (non-hydrogen) atoms. The molecular weight excluding hydrogens is 278 g/mol. The number of aryl methyl sites for hydroxylation is 2. The van der Waals surface area contributed by atoms with Crippen LogP contribution in [0.5, 0.6) is 0 Å². The predicted octanol–water partition coefficient (Wildman–Crippen LogP) is 3.77. The predicted molar refractivity (Wildman–Crippen MR) is 77.6 cm³/mol. The molecule has 0 saturated carbocycles. The number of anilines is 1. The van der Waals surface area contributed by atoms with Crippen LogP contribution in [0.15, 0.2) is 18.3 Å². The summed E-state index contributed by atoms with van der Waals surface area (Å²) in [5, 5.41) is 12.5. The van der Waals surface area contributed by atoms with E-state index in [-0.39, 0.29) is 0 Å². The number of hydrogen-bond donors (Lipinski definition) is 1. The monoisotopic (exact) mass is 289 g/mol. The summed E-state index contributed by atoms with van der Waals surface area (Å²) in [7, 11) is 0. The average molecular weight is 290 g/mol. The Morgan fingerprint density at radius 2 is 2.37 bits per heavy atom. The van der Waals surface area contributed by atoms with Crippen LogP contribution in [-0.2, 0) is 19.4 Å². The quantitative estimate of drug-likeness (QED) is 0.936. The Bertz CT molecular complexity index is 636. The number of thiophene rings is 1. The fraction of sp³-hybridized carbons (Fsp3) is 0.286. The van der Waals surface area contributed by atoms with E-state index in [1.54, 1.807) is 12.3 Å². The SMILES string of the molecule is N#Cc1ccnc(NCc2cc3c(s2)CCC3)c1Cl. The van der Waals surface area contributed by atoms with Gasteiger partial charge in [-0.15, -0.1) is 11.3 Å². The van der Waals surface area contributed by atoms with E-state index in [1.807, 2.05) is 11.3 Å². The zero-order valence-electron chi connectivity index (χ0n) is 10.2. The number of hydrogen-bond acceptors (Lipinski definition) is 4. The Balaban J connectivity index is 1.74. The molecule has 2 aromatic rings. The van der Waals surface area contributed by atoms with E-state index in [0.717, 1.165) is 0 Å². The third-order valence-corrected chi connectivity index (χ3v) is 4.86. The number of halogens is 1. The lowest BCUT2D eigenvalue weighted by Crippen LogP contribution is -2.01. The molecule has 0 bridgehead atoms. The highest BCUT2D eigenvalue weighted by Crippen LogP contribution is 2.31. The highest BCUT2D eigenvalue weighted by Gasteiger charge is 2.15. The van der Waals surface area contributed by atoms with E-state index in [2.05, 4.69) is 22.4 Å². The van der Waals surface area contributed by atoms with E-state index in [9.17, 15) is 0 Å². The van der Waals surface area contributed by atoms with Gasteiger partial charge in [-0.25, -0.2) is 4.98 Å². The lowest BCUT2D eigenvalue weighted by atomic mass is 10.2. The first-order chi connectivity index (χ1) is 9.28. The van der Waals surface area contributed by atoms with Crippen molar-refractivity contribution in [2.24, 2.45) is 0 Å². The molecule has 3 rings (SSSR count). The summed E-state index contributed by atoms with van der Waals surface area (Å²) in [5.74, 6) is 0.578. The first-order valence-corrected chi connectivity index (χ1v) is 7.36. The van der Waals surface area contributed by atoms with Crippen molar-refractivity contribution in [2.45, 2.75) is 25.8 Å². The molecule has 0 amide bonds.